The number of nitrogens with zero attached hydrogens (tertiary/aromatic N) is 2. The van der Waals surface area contributed by atoms with Gasteiger partial charge in [-0.3, -0.25) is 4.79 Å². The van der Waals surface area contributed by atoms with Crippen LogP contribution in [0.25, 0.3) is 0 Å². The Hall–Kier alpha value is -2.62. The molecule has 1 aromatic carbocycles. The molecule has 120 valence electrons. The van der Waals surface area contributed by atoms with E-state index in [-0.39, 0.29) is 28.0 Å². The molecule has 1 aromatic heterocycles. The summed E-state index contributed by atoms with van der Waals surface area (Å²) in [6, 6.07) is 4.67. The average Bonchev–Trinajstić information content (AvgIpc) is 2.46. The fraction of sp³-hybridized carbons (Fsp3) is 0.0769. The van der Waals surface area contributed by atoms with Crippen molar-refractivity contribution in [2.24, 2.45) is 0 Å². The number of alkyl halides is 3. The van der Waals surface area contributed by atoms with Crippen molar-refractivity contribution in [1.29, 1.82) is 0 Å². The molecule has 0 aliphatic rings. The Morgan fingerprint density at radius 1 is 1.09 bits per heavy atom. The molecule has 2 aromatic rings. The van der Waals surface area contributed by atoms with Gasteiger partial charge in [0, 0.05) is 22.9 Å². The summed E-state index contributed by atoms with van der Waals surface area (Å²) in [4.78, 5) is 30.1. The zero-order chi connectivity index (χ0) is 17.0. The Kier molecular flexibility index (Phi) is 4.84. The number of rotatable bonds is 4. The highest BCUT2D eigenvalue weighted by atomic mass is 32.2. The zero-order valence-corrected chi connectivity index (χ0v) is 12.0. The van der Waals surface area contributed by atoms with Gasteiger partial charge in [0.25, 0.3) is 5.91 Å². The summed E-state index contributed by atoms with van der Waals surface area (Å²) in [5.74, 6) is -2.33. The number of carbonyl (C=O) groups is 2. The molecule has 0 radical (unpaired) electrons. The molecule has 1 heterocycles. The number of carboxylic acids is 1. The largest absolute Gasteiger partial charge is 0.476 e. The predicted molar refractivity (Wildman–Crippen MR) is 75.3 cm³/mol. The first-order valence-corrected chi connectivity index (χ1v) is 6.79. The number of halogens is 3. The lowest BCUT2D eigenvalue weighted by Gasteiger charge is -2.08. The Labute approximate surface area is 131 Å². The number of nitrogens with one attached hydrogen (secondary N) is 1. The maximum atomic E-state index is 12.2. The minimum Gasteiger partial charge on any atom is -0.476 e. The number of aromatic nitrogens is 2. The molecule has 0 saturated heterocycles. The Bertz CT molecular complexity index is 735. The maximum absolute atomic E-state index is 12.2. The molecule has 2 rings (SSSR count). The lowest BCUT2D eigenvalue weighted by molar-refractivity contribution is -0.0328. The number of benzene rings is 1. The van der Waals surface area contributed by atoms with Gasteiger partial charge in [-0.25, -0.2) is 14.8 Å². The quantitative estimate of drug-likeness (QED) is 0.829. The third kappa shape index (κ3) is 4.68. The van der Waals surface area contributed by atoms with Gasteiger partial charge in [-0.05, 0) is 36.0 Å². The molecule has 0 atom stereocenters. The topological polar surface area (TPSA) is 92.2 Å². The fourth-order valence-electron chi connectivity index (χ4n) is 1.57. The minimum absolute atomic E-state index is 0.0542. The van der Waals surface area contributed by atoms with Crippen molar-refractivity contribution in [1.82, 2.24) is 9.97 Å². The van der Waals surface area contributed by atoms with Crippen LogP contribution < -0.4 is 5.32 Å². The first-order valence-electron chi connectivity index (χ1n) is 5.98. The summed E-state index contributed by atoms with van der Waals surface area (Å²) in [6.07, 6.45) is 2.35. The van der Waals surface area contributed by atoms with E-state index in [9.17, 15) is 22.8 Å². The molecule has 0 aliphatic heterocycles. The van der Waals surface area contributed by atoms with Crippen LogP contribution in [-0.4, -0.2) is 32.5 Å². The van der Waals surface area contributed by atoms with Gasteiger partial charge in [0.15, 0.2) is 11.5 Å². The lowest BCUT2D eigenvalue weighted by Crippen LogP contribution is -2.17. The molecule has 10 heteroatoms. The van der Waals surface area contributed by atoms with Crippen LogP contribution in [0.2, 0.25) is 0 Å². The van der Waals surface area contributed by atoms with Crippen LogP contribution in [0.15, 0.2) is 41.6 Å². The third-order valence-corrected chi connectivity index (χ3v) is 3.22. The first kappa shape index (κ1) is 16.7. The number of carboxylic acid groups (broad SMARTS) is 1. The predicted octanol–water partition coefficient (Wildman–Crippen LogP) is 3.04. The van der Waals surface area contributed by atoms with Crippen LogP contribution in [0.3, 0.4) is 0 Å². The van der Waals surface area contributed by atoms with Crippen LogP contribution >= 0.6 is 11.8 Å². The second-order valence-electron chi connectivity index (χ2n) is 4.09. The van der Waals surface area contributed by atoms with Gasteiger partial charge in [-0.1, -0.05) is 0 Å². The van der Waals surface area contributed by atoms with E-state index in [1.807, 2.05) is 0 Å². The number of amides is 1. The summed E-state index contributed by atoms with van der Waals surface area (Å²) in [5.41, 5.74) is -4.80. The smallest absolute Gasteiger partial charge is 0.446 e. The number of hydrogen-bond donors (Lipinski definition) is 2. The van der Waals surface area contributed by atoms with E-state index in [0.717, 1.165) is 18.3 Å². The molecule has 0 spiro atoms. The summed E-state index contributed by atoms with van der Waals surface area (Å²) in [5, 5.41) is 11.2. The molecule has 2 N–H and O–H groups in total. The highest BCUT2D eigenvalue weighted by Gasteiger charge is 2.29. The standard InChI is InChI=1S/C13H8F3N3O3S/c14-13(15,16)23-8-3-1-7(2-4-8)11(20)19-10-9(12(21)22)17-5-6-18-10/h1-6H,(H,21,22)(H,18,19,20). The number of carbonyl (C=O) groups excluding carboxylic acids is 1. The maximum Gasteiger partial charge on any atom is 0.446 e. The van der Waals surface area contributed by atoms with E-state index in [1.165, 1.54) is 18.3 Å². The molecule has 0 aliphatic carbocycles. The molecular formula is C13H8F3N3O3S. The summed E-state index contributed by atoms with van der Waals surface area (Å²) >= 11 is -0.300. The monoisotopic (exact) mass is 343 g/mol. The van der Waals surface area contributed by atoms with Gasteiger partial charge in [0.2, 0.25) is 0 Å². The second kappa shape index (κ2) is 6.65. The van der Waals surface area contributed by atoms with Crippen LogP contribution in [-0.2, 0) is 0 Å². The van der Waals surface area contributed by atoms with Crippen molar-refractivity contribution in [3.63, 3.8) is 0 Å². The van der Waals surface area contributed by atoms with Crippen molar-refractivity contribution in [2.45, 2.75) is 10.4 Å². The summed E-state index contributed by atoms with van der Waals surface area (Å²) in [7, 11) is 0. The van der Waals surface area contributed by atoms with Crippen molar-refractivity contribution >= 4 is 29.5 Å². The Balaban J connectivity index is 2.14. The van der Waals surface area contributed by atoms with E-state index in [0.29, 0.717) is 0 Å². The SMILES string of the molecule is O=C(Nc1nccnc1C(=O)O)c1ccc(SC(F)(F)F)cc1. The van der Waals surface area contributed by atoms with E-state index in [4.69, 9.17) is 5.11 Å². The number of anilines is 1. The van der Waals surface area contributed by atoms with Crippen molar-refractivity contribution < 1.29 is 27.9 Å². The molecule has 6 nitrogen and oxygen atoms in total. The van der Waals surface area contributed by atoms with E-state index in [1.54, 1.807) is 0 Å². The van der Waals surface area contributed by atoms with Crippen molar-refractivity contribution in [3.8, 4) is 0 Å². The van der Waals surface area contributed by atoms with Crippen molar-refractivity contribution in [2.75, 3.05) is 5.32 Å². The van der Waals surface area contributed by atoms with Crippen LogP contribution in [0.1, 0.15) is 20.8 Å². The highest BCUT2D eigenvalue weighted by molar-refractivity contribution is 8.00. The van der Waals surface area contributed by atoms with Gasteiger partial charge >= 0.3 is 11.5 Å². The van der Waals surface area contributed by atoms with Crippen LogP contribution in [0, 0.1) is 0 Å². The van der Waals surface area contributed by atoms with E-state index in [2.05, 4.69) is 15.3 Å². The van der Waals surface area contributed by atoms with Crippen LogP contribution in [0.4, 0.5) is 19.0 Å². The van der Waals surface area contributed by atoms with Crippen molar-refractivity contribution in [3.05, 3.63) is 47.9 Å². The third-order valence-electron chi connectivity index (χ3n) is 2.48. The van der Waals surface area contributed by atoms with Gasteiger partial charge in [0.1, 0.15) is 0 Å². The summed E-state index contributed by atoms with van der Waals surface area (Å²) in [6.45, 7) is 0. The molecule has 0 saturated carbocycles. The molecule has 1 amide bonds. The normalized spacial score (nSPS) is 11.1. The highest BCUT2D eigenvalue weighted by Crippen LogP contribution is 2.36. The van der Waals surface area contributed by atoms with Gasteiger partial charge in [-0.15, -0.1) is 0 Å². The lowest BCUT2D eigenvalue weighted by atomic mass is 10.2. The average molecular weight is 343 g/mol. The Morgan fingerprint density at radius 2 is 1.70 bits per heavy atom. The molecule has 0 bridgehead atoms. The molecule has 0 unspecified atom stereocenters. The summed E-state index contributed by atoms with van der Waals surface area (Å²) < 4.78 is 36.7. The molecule has 23 heavy (non-hydrogen) atoms. The molecule has 0 fully saturated rings. The van der Waals surface area contributed by atoms with E-state index < -0.39 is 23.1 Å². The number of hydrogen-bond acceptors (Lipinski definition) is 5. The van der Waals surface area contributed by atoms with Gasteiger partial charge in [0.05, 0.1) is 0 Å². The van der Waals surface area contributed by atoms with Gasteiger partial charge < -0.3 is 10.4 Å². The second-order valence-corrected chi connectivity index (χ2v) is 5.22. The van der Waals surface area contributed by atoms with Crippen LogP contribution in [0.5, 0.6) is 0 Å². The molecular weight excluding hydrogens is 335 g/mol. The minimum atomic E-state index is -4.42. The Morgan fingerprint density at radius 3 is 2.26 bits per heavy atom. The zero-order valence-electron chi connectivity index (χ0n) is 11.2. The number of thioether (sulfide) groups is 1. The number of aromatic carboxylic acids is 1. The fourth-order valence-corrected chi connectivity index (χ4v) is 2.11. The first-order chi connectivity index (χ1) is 10.8. The van der Waals surface area contributed by atoms with Gasteiger partial charge in [-0.2, -0.15) is 13.2 Å². The van der Waals surface area contributed by atoms with E-state index >= 15 is 0 Å².